The van der Waals surface area contributed by atoms with Crippen molar-refractivity contribution in [3.63, 3.8) is 0 Å². The molecule has 3 nitrogen and oxygen atoms in total. The molecule has 1 rings (SSSR count). The zero-order valence-electron chi connectivity index (χ0n) is 9.81. The Morgan fingerprint density at radius 1 is 1.42 bits per heavy atom. The molecule has 0 aliphatic carbocycles. The molecule has 0 saturated carbocycles. The van der Waals surface area contributed by atoms with Gasteiger partial charge in [-0.3, -0.25) is 10.1 Å². The van der Waals surface area contributed by atoms with Gasteiger partial charge in [-0.25, -0.2) is 4.39 Å². The maximum absolute atomic E-state index is 12.9. The molecule has 0 saturated heterocycles. The number of primary amides is 1. The number of nitrogens with one attached hydrogen (secondary N) is 1. The number of hydrogen-bond donors (Lipinski definition) is 2. The second kappa shape index (κ2) is 5.34. The van der Waals surface area contributed by atoms with Crippen molar-refractivity contribution in [2.24, 2.45) is 5.73 Å². The van der Waals surface area contributed by atoms with Crippen LogP contribution in [-0.4, -0.2) is 18.6 Å². The van der Waals surface area contributed by atoms with Crippen LogP contribution in [0.4, 0.5) is 17.6 Å². The molecular formula is C11H11ClF4N2O. The molecule has 8 heteroatoms. The van der Waals surface area contributed by atoms with Crippen molar-refractivity contribution in [1.82, 2.24) is 5.32 Å². The fourth-order valence-corrected chi connectivity index (χ4v) is 1.84. The summed E-state index contributed by atoms with van der Waals surface area (Å²) in [6, 6.07) is 3.00. The molecule has 1 aromatic rings. The zero-order valence-corrected chi connectivity index (χ0v) is 10.6. The van der Waals surface area contributed by atoms with Gasteiger partial charge >= 0.3 is 6.18 Å². The summed E-state index contributed by atoms with van der Waals surface area (Å²) in [5, 5.41) is 1.82. The number of carbonyl (C=O) groups excluding carboxylic acids is 1. The number of halogens is 5. The highest BCUT2D eigenvalue weighted by Gasteiger charge is 2.39. The molecule has 19 heavy (non-hydrogen) atoms. The molecule has 0 heterocycles. The molecule has 0 fully saturated rings. The monoisotopic (exact) mass is 298 g/mol. The fourth-order valence-electron chi connectivity index (χ4n) is 1.49. The van der Waals surface area contributed by atoms with E-state index in [1.165, 1.54) is 0 Å². The zero-order chi connectivity index (χ0) is 14.8. The summed E-state index contributed by atoms with van der Waals surface area (Å²) < 4.78 is 49.6. The molecule has 1 amide bonds. The van der Waals surface area contributed by atoms with Gasteiger partial charge in [-0.2, -0.15) is 13.2 Å². The second-order valence-corrected chi connectivity index (χ2v) is 4.49. The van der Waals surface area contributed by atoms with Crippen LogP contribution in [0, 0.1) is 5.82 Å². The van der Waals surface area contributed by atoms with Gasteiger partial charge in [0.05, 0.1) is 6.54 Å². The number of hydrogen-bond acceptors (Lipinski definition) is 2. The Bertz CT molecular complexity index is 492. The Hall–Kier alpha value is -1.34. The third-order valence-electron chi connectivity index (χ3n) is 2.60. The predicted molar refractivity (Wildman–Crippen MR) is 62.0 cm³/mol. The lowest BCUT2D eigenvalue weighted by molar-refractivity contribution is -0.135. The molecular weight excluding hydrogens is 288 g/mol. The van der Waals surface area contributed by atoms with E-state index < -0.39 is 30.0 Å². The lowest BCUT2D eigenvalue weighted by Crippen LogP contribution is -2.53. The average Bonchev–Trinajstić information content (AvgIpc) is 2.24. The maximum atomic E-state index is 12.9. The normalized spacial score (nSPS) is 15.1. The molecule has 0 aliphatic heterocycles. The molecule has 0 aliphatic rings. The first-order valence-corrected chi connectivity index (χ1v) is 5.51. The first kappa shape index (κ1) is 15.7. The number of rotatable bonds is 4. The maximum Gasteiger partial charge on any atom is 0.401 e. The van der Waals surface area contributed by atoms with Gasteiger partial charge in [0.2, 0.25) is 5.91 Å². The van der Waals surface area contributed by atoms with Crippen LogP contribution in [0.25, 0.3) is 0 Å². The van der Waals surface area contributed by atoms with Crippen molar-refractivity contribution >= 4 is 17.5 Å². The topological polar surface area (TPSA) is 55.1 Å². The Morgan fingerprint density at radius 2 is 2.00 bits per heavy atom. The van der Waals surface area contributed by atoms with Gasteiger partial charge in [0.25, 0.3) is 0 Å². The lowest BCUT2D eigenvalue weighted by atomic mass is 9.91. The predicted octanol–water partition coefficient (Wildman–Crippen LogP) is 2.33. The van der Waals surface area contributed by atoms with E-state index >= 15 is 0 Å². The van der Waals surface area contributed by atoms with E-state index in [1.807, 2.05) is 5.32 Å². The van der Waals surface area contributed by atoms with Crippen LogP contribution < -0.4 is 11.1 Å². The molecule has 0 radical (unpaired) electrons. The molecule has 1 aromatic carbocycles. The number of benzene rings is 1. The van der Waals surface area contributed by atoms with Gasteiger partial charge in [-0.05, 0) is 19.1 Å². The minimum atomic E-state index is -4.52. The van der Waals surface area contributed by atoms with E-state index in [9.17, 15) is 22.4 Å². The van der Waals surface area contributed by atoms with Crippen molar-refractivity contribution in [3.8, 4) is 0 Å². The van der Waals surface area contributed by atoms with Crippen LogP contribution in [0.1, 0.15) is 12.5 Å². The standard InChI is InChI=1S/C11H11ClF4N2O/c1-10(9(17)19,18-5-11(14,15)16)7-3-2-6(13)4-8(7)12/h2-4,18H,5H2,1H3,(H2,17,19). The highest BCUT2D eigenvalue weighted by atomic mass is 35.5. The van der Waals surface area contributed by atoms with Gasteiger partial charge in [0.1, 0.15) is 11.4 Å². The van der Waals surface area contributed by atoms with Crippen LogP contribution in [0.3, 0.4) is 0 Å². The average molecular weight is 299 g/mol. The van der Waals surface area contributed by atoms with E-state index in [-0.39, 0.29) is 10.6 Å². The Kier molecular flexibility index (Phi) is 4.42. The summed E-state index contributed by atoms with van der Waals surface area (Å²) in [6.45, 7) is -0.277. The second-order valence-electron chi connectivity index (χ2n) is 4.08. The first-order valence-electron chi connectivity index (χ1n) is 5.13. The van der Waals surface area contributed by atoms with Crippen LogP contribution in [0.5, 0.6) is 0 Å². The number of amides is 1. The van der Waals surface area contributed by atoms with Crippen LogP contribution in [0.2, 0.25) is 5.02 Å². The molecule has 0 aromatic heterocycles. The van der Waals surface area contributed by atoms with Crippen molar-refractivity contribution in [2.45, 2.75) is 18.6 Å². The van der Waals surface area contributed by atoms with Gasteiger partial charge in [-0.1, -0.05) is 17.7 Å². The first-order chi connectivity index (χ1) is 8.56. The Morgan fingerprint density at radius 3 is 2.42 bits per heavy atom. The smallest absolute Gasteiger partial charge is 0.368 e. The molecule has 3 N–H and O–H groups in total. The molecule has 0 bridgehead atoms. The van der Waals surface area contributed by atoms with E-state index in [1.54, 1.807) is 0 Å². The van der Waals surface area contributed by atoms with Crippen molar-refractivity contribution in [2.75, 3.05) is 6.54 Å². The summed E-state index contributed by atoms with van der Waals surface area (Å²) in [5.74, 6) is -1.72. The van der Waals surface area contributed by atoms with E-state index in [0.29, 0.717) is 0 Å². The van der Waals surface area contributed by atoms with Crippen molar-refractivity contribution < 1.29 is 22.4 Å². The van der Waals surface area contributed by atoms with Crippen LogP contribution in [0.15, 0.2) is 18.2 Å². The SMILES string of the molecule is CC(NCC(F)(F)F)(C(N)=O)c1ccc(F)cc1Cl. The molecule has 0 spiro atoms. The van der Waals surface area contributed by atoms with Crippen LogP contribution in [-0.2, 0) is 10.3 Å². The van der Waals surface area contributed by atoms with E-state index in [4.69, 9.17) is 17.3 Å². The quantitative estimate of drug-likeness (QED) is 0.838. The third-order valence-corrected chi connectivity index (χ3v) is 2.92. The van der Waals surface area contributed by atoms with E-state index in [0.717, 1.165) is 25.1 Å². The lowest BCUT2D eigenvalue weighted by Gasteiger charge is -2.29. The summed E-state index contributed by atoms with van der Waals surface area (Å²) >= 11 is 5.74. The van der Waals surface area contributed by atoms with Crippen LogP contribution >= 0.6 is 11.6 Å². The summed E-state index contributed by atoms with van der Waals surface area (Å²) in [7, 11) is 0. The van der Waals surface area contributed by atoms with Crippen molar-refractivity contribution in [3.05, 3.63) is 34.6 Å². The summed E-state index contributed by atoms with van der Waals surface area (Å²) in [4.78, 5) is 11.4. The molecule has 1 atom stereocenters. The Balaban J connectivity index is 3.15. The minimum absolute atomic E-state index is 0.0210. The third kappa shape index (κ3) is 3.81. The highest BCUT2D eigenvalue weighted by molar-refractivity contribution is 6.31. The Labute approximate surface area is 111 Å². The van der Waals surface area contributed by atoms with Gasteiger partial charge in [-0.15, -0.1) is 0 Å². The minimum Gasteiger partial charge on any atom is -0.368 e. The summed E-state index contributed by atoms with van der Waals surface area (Å²) in [6.07, 6.45) is -4.52. The van der Waals surface area contributed by atoms with Crippen molar-refractivity contribution in [1.29, 1.82) is 0 Å². The molecule has 1 unspecified atom stereocenters. The largest absolute Gasteiger partial charge is 0.401 e. The van der Waals surface area contributed by atoms with Gasteiger partial charge < -0.3 is 5.73 Å². The highest BCUT2D eigenvalue weighted by Crippen LogP contribution is 2.29. The number of alkyl halides is 3. The van der Waals surface area contributed by atoms with E-state index in [2.05, 4.69) is 0 Å². The number of carbonyl (C=O) groups is 1. The fraction of sp³-hybridized carbons (Fsp3) is 0.364. The van der Waals surface area contributed by atoms with Gasteiger partial charge in [0.15, 0.2) is 0 Å². The summed E-state index contributed by atoms with van der Waals surface area (Å²) in [5.41, 5.74) is 3.25. The molecule has 106 valence electrons. The van der Waals surface area contributed by atoms with Gasteiger partial charge in [0, 0.05) is 10.6 Å². The number of nitrogens with two attached hydrogens (primary N) is 1.